The highest BCUT2D eigenvalue weighted by Gasteiger charge is 2.50. The molecule has 3 nitrogen and oxygen atoms in total. The Balaban J connectivity index is 1.76. The molecule has 3 aliphatic rings. The molecule has 3 saturated carbocycles. The largest absolute Gasteiger partial charge is 0.393 e. The third-order valence-electron chi connectivity index (χ3n) is 8.89. The number of aliphatic hydroxyl groups is 1. The van der Waals surface area contributed by atoms with E-state index in [1.807, 2.05) is 13.0 Å². The fourth-order valence-electron chi connectivity index (χ4n) is 6.67. The summed E-state index contributed by atoms with van der Waals surface area (Å²) in [5, 5.41) is 9.60. The van der Waals surface area contributed by atoms with Gasteiger partial charge in [-0.3, -0.25) is 0 Å². The van der Waals surface area contributed by atoms with Crippen molar-refractivity contribution in [1.29, 1.82) is 0 Å². The van der Waals surface area contributed by atoms with Crippen LogP contribution in [-0.4, -0.2) is 29.6 Å². The van der Waals surface area contributed by atoms with Gasteiger partial charge in [-0.1, -0.05) is 55.9 Å². The lowest BCUT2D eigenvalue weighted by Gasteiger charge is -2.44. The van der Waals surface area contributed by atoms with Gasteiger partial charge in [-0.25, -0.2) is 8.42 Å². The Hall–Kier alpha value is -1.13. The zero-order valence-electron chi connectivity index (χ0n) is 21.7. The fraction of sp³-hybridized carbons (Fsp3) is 0.724. The van der Waals surface area contributed by atoms with Crippen molar-refractivity contribution in [2.75, 3.05) is 0 Å². The Bertz CT molecular complexity index is 930. The van der Waals surface area contributed by atoms with E-state index in [1.165, 1.54) is 36.8 Å². The number of sulfone groups is 1. The van der Waals surface area contributed by atoms with Crippen molar-refractivity contribution in [1.82, 2.24) is 0 Å². The van der Waals surface area contributed by atoms with Crippen LogP contribution in [0.5, 0.6) is 0 Å². The van der Waals surface area contributed by atoms with Crippen LogP contribution in [0.2, 0.25) is 0 Å². The van der Waals surface area contributed by atoms with Crippen molar-refractivity contribution in [2.24, 2.45) is 23.2 Å². The molecule has 0 heterocycles. The predicted octanol–water partition coefficient (Wildman–Crippen LogP) is 6.95. The molecule has 1 unspecified atom stereocenters. The molecule has 3 fully saturated rings. The van der Waals surface area contributed by atoms with Gasteiger partial charge in [0.1, 0.15) is 0 Å². The Kier molecular flexibility index (Phi) is 7.90. The highest BCUT2D eigenvalue weighted by Crippen LogP contribution is 2.59. The lowest BCUT2D eigenvalue weighted by atomic mass is 9.61. The third kappa shape index (κ3) is 5.42. The molecular formula is C29H46O3S. The first-order valence-corrected chi connectivity index (χ1v) is 14.5. The zero-order valence-corrected chi connectivity index (χ0v) is 22.5. The molecule has 0 radical (unpaired) electrons. The van der Waals surface area contributed by atoms with E-state index in [4.69, 9.17) is 0 Å². The second-order valence-corrected chi connectivity index (χ2v) is 15.2. The van der Waals surface area contributed by atoms with E-state index in [1.54, 1.807) is 26.3 Å². The number of allylic oxidation sites excluding steroid dienone is 5. The SMILES string of the molecule is C=C1CC[C@H](O)C/C1=C/C=C1\CCC[C@]2(C)C([C@H](C)/C=C/[C@@H](C)S(=O)(=O)C(C)(C)C)CC[C@@H]12. The van der Waals surface area contributed by atoms with Gasteiger partial charge in [-0.2, -0.15) is 0 Å². The lowest BCUT2D eigenvalue weighted by molar-refractivity contribution is 0.112. The summed E-state index contributed by atoms with van der Waals surface area (Å²) in [5.41, 5.74) is 4.22. The number of aliphatic hydroxyl groups excluding tert-OH is 1. The van der Waals surface area contributed by atoms with E-state index in [9.17, 15) is 13.5 Å². The standard InChI is InChI=1S/C29H46O3S/c1-20-11-15-25(30)19-24(20)14-13-23-9-8-18-29(7)26(16-17-27(23)29)21(2)10-12-22(3)33(31,32)28(4,5)6/h10,12-14,21-22,25-27,30H,1,8-9,11,15-19H2,2-7H3/b12-10+,23-13+,24-14-/t21-,22-,25+,26?,27+,29-/m1/s1. The van der Waals surface area contributed by atoms with Crippen molar-refractivity contribution < 1.29 is 13.5 Å². The summed E-state index contributed by atoms with van der Waals surface area (Å²) in [6.07, 6.45) is 17.0. The molecule has 3 rings (SSSR count). The monoisotopic (exact) mass is 474 g/mol. The average Bonchev–Trinajstić information content (AvgIpc) is 3.09. The fourth-order valence-corrected chi connectivity index (χ4v) is 8.08. The smallest absolute Gasteiger partial charge is 0.161 e. The highest BCUT2D eigenvalue weighted by molar-refractivity contribution is 7.93. The van der Waals surface area contributed by atoms with Crippen LogP contribution in [0.4, 0.5) is 0 Å². The maximum absolute atomic E-state index is 12.8. The van der Waals surface area contributed by atoms with Crippen LogP contribution in [0.3, 0.4) is 0 Å². The van der Waals surface area contributed by atoms with Crippen LogP contribution in [0, 0.1) is 23.2 Å². The zero-order chi connectivity index (χ0) is 24.6. The number of hydrogen-bond donors (Lipinski definition) is 1. The maximum atomic E-state index is 12.8. The molecule has 4 heteroatoms. The predicted molar refractivity (Wildman–Crippen MR) is 140 cm³/mol. The van der Waals surface area contributed by atoms with Crippen molar-refractivity contribution >= 4 is 9.84 Å². The van der Waals surface area contributed by atoms with Crippen LogP contribution in [0.25, 0.3) is 0 Å². The van der Waals surface area contributed by atoms with E-state index in [0.717, 1.165) is 25.7 Å². The Morgan fingerprint density at radius 3 is 2.45 bits per heavy atom. The van der Waals surface area contributed by atoms with Gasteiger partial charge in [0.25, 0.3) is 0 Å². The molecule has 3 aliphatic carbocycles. The van der Waals surface area contributed by atoms with Crippen LogP contribution in [0.1, 0.15) is 92.9 Å². The van der Waals surface area contributed by atoms with Crippen LogP contribution < -0.4 is 0 Å². The van der Waals surface area contributed by atoms with Crippen molar-refractivity contribution in [2.45, 2.75) is 109 Å². The summed E-state index contributed by atoms with van der Waals surface area (Å²) >= 11 is 0. The molecule has 0 saturated heterocycles. The molecular weight excluding hydrogens is 428 g/mol. The quantitative estimate of drug-likeness (QED) is 0.439. The first-order valence-electron chi connectivity index (χ1n) is 12.9. The molecule has 0 aromatic carbocycles. The number of rotatable bonds is 5. The summed E-state index contributed by atoms with van der Waals surface area (Å²) < 4.78 is 24.8. The molecule has 0 bridgehead atoms. The first-order chi connectivity index (χ1) is 15.3. The molecule has 0 aromatic heterocycles. The van der Waals surface area contributed by atoms with Crippen molar-refractivity contribution in [3.05, 3.63) is 47.6 Å². The minimum atomic E-state index is -3.20. The van der Waals surface area contributed by atoms with Gasteiger partial charge < -0.3 is 5.11 Å². The molecule has 0 aliphatic heterocycles. The van der Waals surface area contributed by atoms with Gasteiger partial charge in [0, 0.05) is 0 Å². The van der Waals surface area contributed by atoms with Gasteiger partial charge in [0.2, 0.25) is 0 Å². The Morgan fingerprint density at radius 2 is 1.79 bits per heavy atom. The van der Waals surface area contributed by atoms with E-state index in [0.29, 0.717) is 17.8 Å². The second kappa shape index (κ2) is 9.85. The number of fused-ring (bicyclic) bond motifs is 1. The average molecular weight is 475 g/mol. The second-order valence-electron chi connectivity index (χ2n) is 12.1. The molecule has 6 atom stereocenters. The van der Waals surface area contributed by atoms with Gasteiger partial charge in [0.15, 0.2) is 9.84 Å². The van der Waals surface area contributed by atoms with Crippen LogP contribution in [0.15, 0.2) is 47.6 Å². The molecule has 33 heavy (non-hydrogen) atoms. The summed E-state index contributed by atoms with van der Waals surface area (Å²) in [4.78, 5) is 0. The molecule has 0 spiro atoms. The van der Waals surface area contributed by atoms with Crippen molar-refractivity contribution in [3.63, 3.8) is 0 Å². The van der Waals surface area contributed by atoms with Gasteiger partial charge in [0.05, 0.1) is 16.1 Å². The molecule has 1 N–H and O–H groups in total. The Morgan fingerprint density at radius 1 is 1.09 bits per heavy atom. The summed E-state index contributed by atoms with van der Waals surface area (Å²) in [6.45, 7) is 16.1. The van der Waals surface area contributed by atoms with Crippen molar-refractivity contribution in [3.8, 4) is 0 Å². The first kappa shape index (κ1) is 26.5. The van der Waals surface area contributed by atoms with E-state index < -0.39 is 19.8 Å². The molecule has 186 valence electrons. The molecule has 0 amide bonds. The minimum absolute atomic E-state index is 0.232. The van der Waals surface area contributed by atoms with Gasteiger partial charge in [-0.15, -0.1) is 0 Å². The van der Waals surface area contributed by atoms with E-state index in [-0.39, 0.29) is 11.5 Å². The molecule has 0 aromatic rings. The topological polar surface area (TPSA) is 54.4 Å². The summed E-state index contributed by atoms with van der Waals surface area (Å²) in [5.74, 6) is 1.54. The Labute approximate surface area is 203 Å². The normalized spacial score (nSPS) is 35.8. The maximum Gasteiger partial charge on any atom is 0.161 e. The van der Waals surface area contributed by atoms with Crippen LogP contribution >= 0.6 is 0 Å². The highest BCUT2D eigenvalue weighted by atomic mass is 32.2. The van der Waals surface area contributed by atoms with Gasteiger partial charge >= 0.3 is 0 Å². The lowest BCUT2D eigenvalue weighted by Crippen LogP contribution is -2.36. The van der Waals surface area contributed by atoms with Crippen LogP contribution in [-0.2, 0) is 9.84 Å². The summed E-state index contributed by atoms with van der Waals surface area (Å²) in [6, 6.07) is 0. The summed E-state index contributed by atoms with van der Waals surface area (Å²) in [7, 11) is -3.20. The third-order valence-corrected chi connectivity index (χ3v) is 11.7. The number of hydrogen-bond acceptors (Lipinski definition) is 3. The van der Waals surface area contributed by atoms with E-state index in [2.05, 4.69) is 38.7 Å². The van der Waals surface area contributed by atoms with E-state index >= 15 is 0 Å². The minimum Gasteiger partial charge on any atom is -0.393 e. The van der Waals surface area contributed by atoms with Gasteiger partial charge in [-0.05, 0) is 108 Å².